The highest BCUT2D eigenvalue weighted by Gasteiger charge is 1.97. The first-order valence-electron chi connectivity index (χ1n) is 5.36. The van der Waals surface area contributed by atoms with Crippen molar-refractivity contribution in [3.05, 3.63) is 51.7 Å². The monoisotopic (exact) mass is 371 g/mol. The Bertz CT molecular complexity index is 472. The molecule has 0 N–H and O–H groups in total. The Morgan fingerprint density at radius 1 is 0.889 bits per heavy atom. The van der Waals surface area contributed by atoms with Crippen LogP contribution < -0.4 is 9.47 Å². The lowest BCUT2D eigenvalue weighted by Crippen LogP contribution is -2.09. The van der Waals surface area contributed by atoms with Crippen molar-refractivity contribution in [3.8, 4) is 11.5 Å². The molecule has 0 aliphatic heterocycles. The summed E-state index contributed by atoms with van der Waals surface area (Å²) in [6.07, 6.45) is 3.38. The molecule has 3 nitrogen and oxygen atoms in total. The van der Waals surface area contributed by atoms with Crippen LogP contribution in [0.1, 0.15) is 0 Å². The summed E-state index contributed by atoms with van der Waals surface area (Å²) in [5, 5.41) is 0. The maximum Gasteiger partial charge on any atom is 0.138 e. The van der Waals surface area contributed by atoms with E-state index < -0.39 is 0 Å². The number of aromatic nitrogens is 1. The fourth-order valence-corrected chi connectivity index (χ4v) is 2.07. The molecule has 1 aromatic heterocycles. The van der Waals surface area contributed by atoms with Crippen molar-refractivity contribution < 1.29 is 9.47 Å². The molecule has 0 atom stereocenters. The molecule has 0 saturated heterocycles. The molecule has 0 amide bonds. The zero-order chi connectivity index (χ0) is 12.8. The van der Waals surface area contributed by atoms with Gasteiger partial charge in [-0.3, -0.25) is 4.98 Å². The third-order valence-corrected chi connectivity index (χ3v) is 3.02. The molecule has 0 aliphatic rings. The Balaban J connectivity index is 1.76. The minimum Gasteiger partial charge on any atom is -0.490 e. The van der Waals surface area contributed by atoms with Gasteiger partial charge in [0, 0.05) is 15.1 Å². The average Bonchev–Trinajstić information content (AvgIpc) is 2.35. The SMILES string of the molecule is Brc1cccc(OCCOc2cncc(Br)c2)c1. The largest absolute Gasteiger partial charge is 0.490 e. The van der Waals surface area contributed by atoms with Gasteiger partial charge in [0.2, 0.25) is 0 Å². The third-order valence-electron chi connectivity index (χ3n) is 2.10. The van der Waals surface area contributed by atoms with E-state index in [9.17, 15) is 0 Å². The molecule has 0 unspecified atom stereocenters. The number of ether oxygens (including phenoxy) is 2. The van der Waals surface area contributed by atoms with E-state index in [2.05, 4.69) is 36.8 Å². The molecule has 18 heavy (non-hydrogen) atoms. The lowest BCUT2D eigenvalue weighted by molar-refractivity contribution is 0.216. The highest BCUT2D eigenvalue weighted by Crippen LogP contribution is 2.18. The van der Waals surface area contributed by atoms with Crippen LogP contribution in [0.25, 0.3) is 0 Å². The van der Waals surface area contributed by atoms with E-state index in [1.165, 1.54) is 0 Å². The highest BCUT2D eigenvalue weighted by atomic mass is 79.9. The number of benzene rings is 1. The molecule has 2 rings (SSSR count). The number of nitrogens with zero attached hydrogens (tertiary/aromatic N) is 1. The zero-order valence-corrected chi connectivity index (χ0v) is 12.6. The second kappa shape index (κ2) is 6.75. The fourth-order valence-electron chi connectivity index (χ4n) is 1.35. The van der Waals surface area contributed by atoms with Gasteiger partial charge < -0.3 is 9.47 Å². The summed E-state index contributed by atoms with van der Waals surface area (Å²) < 4.78 is 13.0. The summed E-state index contributed by atoms with van der Waals surface area (Å²) in [5.41, 5.74) is 0. The number of halogens is 2. The Morgan fingerprint density at radius 3 is 2.33 bits per heavy atom. The Morgan fingerprint density at radius 2 is 1.61 bits per heavy atom. The van der Waals surface area contributed by atoms with Crippen LogP contribution in [0.4, 0.5) is 0 Å². The first-order chi connectivity index (χ1) is 8.74. The van der Waals surface area contributed by atoms with Crippen LogP contribution in [0.3, 0.4) is 0 Å². The number of hydrogen-bond acceptors (Lipinski definition) is 3. The Kier molecular flexibility index (Phi) is 5.01. The number of hydrogen-bond donors (Lipinski definition) is 0. The van der Waals surface area contributed by atoms with E-state index >= 15 is 0 Å². The maximum atomic E-state index is 5.55. The van der Waals surface area contributed by atoms with Gasteiger partial charge in [-0.15, -0.1) is 0 Å². The smallest absolute Gasteiger partial charge is 0.138 e. The van der Waals surface area contributed by atoms with Crippen molar-refractivity contribution in [3.63, 3.8) is 0 Å². The van der Waals surface area contributed by atoms with Gasteiger partial charge in [0.15, 0.2) is 0 Å². The van der Waals surface area contributed by atoms with Crippen molar-refractivity contribution in [1.82, 2.24) is 4.98 Å². The minimum atomic E-state index is 0.477. The summed E-state index contributed by atoms with van der Waals surface area (Å²) in [6, 6.07) is 9.58. The molecule has 1 heterocycles. The summed E-state index contributed by atoms with van der Waals surface area (Å²) in [5.74, 6) is 1.54. The van der Waals surface area contributed by atoms with E-state index in [-0.39, 0.29) is 0 Å². The van der Waals surface area contributed by atoms with Crippen LogP contribution in [0.2, 0.25) is 0 Å². The molecular formula is C13H11Br2NO2. The zero-order valence-electron chi connectivity index (χ0n) is 9.48. The maximum absolute atomic E-state index is 5.55. The van der Waals surface area contributed by atoms with Crippen LogP contribution in [0, 0.1) is 0 Å². The van der Waals surface area contributed by atoms with Gasteiger partial charge in [0.05, 0.1) is 6.20 Å². The Labute approximate surface area is 122 Å². The predicted octanol–water partition coefficient (Wildman–Crippen LogP) is 4.06. The van der Waals surface area contributed by atoms with E-state index in [0.29, 0.717) is 13.2 Å². The van der Waals surface area contributed by atoms with Gasteiger partial charge in [-0.2, -0.15) is 0 Å². The second-order valence-electron chi connectivity index (χ2n) is 3.49. The molecule has 5 heteroatoms. The standard InChI is InChI=1S/C13H11Br2NO2/c14-10-2-1-3-12(6-10)17-4-5-18-13-7-11(15)8-16-9-13/h1-3,6-9H,4-5H2. The molecule has 0 fully saturated rings. The molecule has 0 spiro atoms. The van der Waals surface area contributed by atoms with Gasteiger partial charge in [-0.25, -0.2) is 0 Å². The van der Waals surface area contributed by atoms with Crippen molar-refractivity contribution in [2.24, 2.45) is 0 Å². The van der Waals surface area contributed by atoms with Crippen molar-refractivity contribution in [2.75, 3.05) is 13.2 Å². The van der Waals surface area contributed by atoms with Crippen LogP contribution in [0.5, 0.6) is 11.5 Å². The molecule has 0 bridgehead atoms. The topological polar surface area (TPSA) is 31.4 Å². The lowest BCUT2D eigenvalue weighted by atomic mass is 10.3. The molecule has 0 radical (unpaired) electrons. The van der Waals surface area contributed by atoms with Gasteiger partial charge in [0.25, 0.3) is 0 Å². The van der Waals surface area contributed by atoms with Crippen LogP contribution >= 0.6 is 31.9 Å². The van der Waals surface area contributed by atoms with Crippen LogP contribution in [-0.2, 0) is 0 Å². The van der Waals surface area contributed by atoms with Gasteiger partial charge >= 0.3 is 0 Å². The quantitative estimate of drug-likeness (QED) is 0.741. The number of rotatable bonds is 5. The molecule has 0 saturated carbocycles. The molecule has 0 aliphatic carbocycles. The van der Waals surface area contributed by atoms with E-state index in [1.807, 2.05) is 30.3 Å². The van der Waals surface area contributed by atoms with Gasteiger partial charge in [-0.1, -0.05) is 22.0 Å². The van der Waals surface area contributed by atoms with Gasteiger partial charge in [-0.05, 0) is 40.2 Å². The molecule has 2 aromatic rings. The van der Waals surface area contributed by atoms with E-state index in [1.54, 1.807) is 12.4 Å². The van der Waals surface area contributed by atoms with Crippen LogP contribution in [0.15, 0.2) is 51.7 Å². The van der Waals surface area contributed by atoms with Gasteiger partial charge in [0.1, 0.15) is 24.7 Å². The third kappa shape index (κ3) is 4.31. The molecule has 94 valence electrons. The van der Waals surface area contributed by atoms with E-state index in [0.717, 1.165) is 20.4 Å². The predicted molar refractivity (Wildman–Crippen MR) is 77.1 cm³/mol. The highest BCUT2D eigenvalue weighted by molar-refractivity contribution is 9.10. The van der Waals surface area contributed by atoms with E-state index in [4.69, 9.17) is 9.47 Å². The summed E-state index contributed by atoms with van der Waals surface area (Å²) in [7, 11) is 0. The normalized spacial score (nSPS) is 10.1. The summed E-state index contributed by atoms with van der Waals surface area (Å²) >= 11 is 6.73. The fraction of sp³-hybridized carbons (Fsp3) is 0.154. The van der Waals surface area contributed by atoms with Crippen molar-refractivity contribution >= 4 is 31.9 Å². The molecule has 1 aromatic carbocycles. The summed E-state index contributed by atoms with van der Waals surface area (Å²) in [6.45, 7) is 0.966. The number of pyridine rings is 1. The van der Waals surface area contributed by atoms with Crippen LogP contribution in [-0.4, -0.2) is 18.2 Å². The minimum absolute atomic E-state index is 0.477. The van der Waals surface area contributed by atoms with Crippen molar-refractivity contribution in [2.45, 2.75) is 0 Å². The lowest BCUT2D eigenvalue weighted by Gasteiger charge is -2.08. The van der Waals surface area contributed by atoms with Crippen molar-refractivity contribution in [1.29, 1.82) is 0 Å². The first-order valence-corrected chi connectivity index (χ1v) is 6.94. The Hall–Kier alpha value is -1.07. The average molecular weight is 373 g/mol. The first kappa shape index (κ1) is 13.4. The molecular weight excluding hydrogens is 362 g/mol. The second-order valence-corrected chi connectivity index (χ2v) is 5.32. The summed E-state index contributed by atoms with van der Waals surface area (Å²) in [4.78, 5) is 4.01.